The highest BCUT2D eigenvalue weighted by Crippen LogP contribution is 2.43. The van der Waals surface area contributed by atoms with Crippen molar-refractivity contribution in [2.24, 2.45) is 5.92 Å². The largest absolute Gasteiger partial charge is 0.422 e. The van der Waals surface area contributed by atoms with Crippen LogP contribution in [0.4, 0.5) is 13.2 Å². The molecule has 4 rings (SSSR count). The Hall–Kier alpha value is -4.30. The molecule has 0 bridgehead atoms. The van der Waals surface area contributed by atoms with Gasteiger partial charge in [-0.15, -0.1) is 0 Å². The Kier molecular flexibility index (Phi) is 6.48. The van der Waals surface area contributed by atoms with Crippen LogP contribution in [0.1, 0.15) is 30.6 Å². The van der Waals surface area contributed by atoms with Crippen LogP contribution in [0.2, 0.25) is 0 Å². The molecule has 0 saturated carbocycles. The number of carbonyl (C=O) groups is 1. The maximum absolute atomic E-state index is 13.9. The molecule has 0 aliphatic heterocycles. The van der Waals surface area contributed by atoms with E-state index in [-0.39, 0.29) is 23.4 Å². The van der Waals surface area contributed by atoms with Crippen LogP contribution < -0.4 is 0 Å². The molecule has 0 aliphatic rings. The van der Waals surface area contributed by atoms with Crippen molar-refractivity contribution in [1.82, 2.24) is 15.3 Å². The van der Waals surface area contributed by atoms with Crippen molar-refractivity contribution in [2.75, 3.05) is 0 Å². The molecule has 0 radical (unpaired) electrons. The van der Waals surface area contributed by atoms with Gasteiger partial charge in [-0.3, -0.25) is 4.79 Å². The van der Waals surface area contributed by atoms with Crippen LogP contribution in [0.3, 0.4) is 0 Å². The Labute approximate surface area is 196 Å². The topological polar surface area (TPSA) is 126 Å². The fraction of sp³-hybridized carbons (Fsp3) is 0.208. The van der Waals surface area contributed by atoms with Crippen LogP contribution in [-0.4, -0.2) is 26.2 Å². The van der Waals surface area contributed by atoms with Gasteiger partial charge in [-0.05, 0) is 12.5 Å². The van der Waals surface area contributed by atoms with Gasteiger partial charge < -0.3 is 14.2 Å². The van der Waals surface area contributed by atoms with E-state index in [1.54, 1.807) is 25.1 Å². The van der Waals surface area contributed by atoms with E-state index in [9.17, 15) is 23.1 Å². The first-order valence-corrected chi connectivity index (χ1v) is 10.4. The zero-order valence-electron chi connectivity index (χ0n) is 18.2. The van der Waals surface area contributed by atoms with Crippen LogP contribution in [0.15, 0.2) is 63.6 Å². The number of alkyl halides is 3. The Balaban J connectivity index is 1.61. The van der Waals surface area contributed by atoms with Gasteiger partial charge in [-0.2, -0.15) is 23.4 Å². The number of halogens is 3. The van der Waals surface area contributed by atoms with Crippen molar-refractivity contribution in [2.45, 2.75) is 25.6 Å². The summed E-state index contributed by atoms with van der Waals surface area (Å²) in [6.45, 7) is 1.57. The maximum Gasteiger partial charge on any atom is 0.422 e. The van der Waals surface area contributed by atoms with E-state index >= 15 is 0 Å². The van der Waals surface area contributed by atoms with Crippen molar-refractivity contribution in [1.29, 1.82) is 5.26 Å². The number of hydrogen-bond donors (Lipinski definition) is 1. The molecule has 0 saturated heterocycles. The van der Waals surface area contributed by atoms with Gasteiger partial charge in [0.1, 0.15) is 17.4 Å². The van der Waals surface area contributed by atoms with E-state index in [4.69, 9.17) is 14.3 Å². The number of benzene rings is 2. The third-order valence-electron chi connectivity index (χ3n) is 5.16. The van der Waals surface area contributed by atoms with Crippen molar-refractivity contribution in [3.63, 3.8) is 0 Å². The minimum Gasteiger partial charge on any atom is -0.381 e. The molecule has 11 heteroatoms. The number of carbonyl (C=O) groups excluding carboxylic acids is 1. The average molecular weight is 482 g/mol. The predicted molar refractivity (Wildman–Crippen MR) is 115 cm³/mol. The molecular formula is C24H17F3N4O4. The number of aromatic nitrogens is 3. The molecule has 2 atom stereocenters. The molecule has 1 unspecified atom stereocenters. The van der Waals surface area contributed by atoms with E-state index in [2.05, 4.69) is 15.3 Å². The minimum absolute atomic E-state index is 0.0312. The summed E-state index contributed by atoms with van der Waals surface area (Å²) >= 11 is 0. The summed E-state index contributed by atoms with van der Waals surface area (Å²) in [6.07, 6.45) is -6.32. The zero-order chi connectivity index (χ0) is 25.2. The first-order chi connectivity index (χ1) is 16.7. The Morgan fingerprint density at radius 1 is 1.06 bits per heavy atom. The number of hydrogen-bond acceptors (Lipinski definition) is 8. The lowest BCUT2D eigenvalue weighted by atomic mass is 9.97. The second-order valence-electron chi connectivity index (χ2n) is 7.75. The summed E-state index contributed by atoms with van der Waals surface area (Å²) in [6, 6.07) is 15.6. The highest BCUT2D eigenvalue weighted by Gasteiger charge is 2.43. The molecule has 0 amide bonds. The third-order valence-corrected chi connectivity index (χ3v) is 5.16. The molecule has 1 N–H and O–H groups in total. The molecule has 8 nitrogen and oxygen atoms in total. The van der Waals surface area contributed by atoms with E-state index in [0.29, 0.717) is 5.56 Å². The maximum atomic E-state index is 13.9. The number of nitriles is 1. The Morgan fingerprint density at radius 2 is 1.74 bits per heavy atom. The van der Waals surface area contributed by atoms with Crippen molar-refractivity contribution < 1.29 is 32.1 Å². The van der Waals surface area contributed by atoms with E-state index in [0.717, 1.165) is 0 Å². The van der Waals surface area contributed by atoms with Crippen molar-refractivity contribution in [3.05, 3.63) is 65.7 Å². The fourth-order valence-electron chi connectivity index (χ4n) is 3.38. The lowest BCUT2D eigenvalue weighted by Crippen LogP contribution is -2.14. The first-order valence-electron chi connectivity index (χ1n) is 10.4. The Morgan fingerprint density at radius 3 is 2.37 bits per heavy atom. The van der Waals surface area contributed by atoms with Gasteiger partial charge in [0.2, 0.25) is 11.6 Å². The van der Waals surface area contributed by atoms with Gasteiger partial charge in [0.25, 0.3) is 5.89 Å². The SMILES string of the molecule is C[C@@H](C#N)CC(=O)C(O)c1ccc(-c2noc(-c3onc(-c4ccccc4)c3C(F)(F)F)n2)cc1. The number of ketones is 1. The number of aliphatic hydroxyl groups is 1. The standard InChI is InChI=1S/C24H17F3N4O4/c1-13(12-28)11-17(32)20(33)15-7-9-16(10-8-15)22-29-23(35-31-22)21-18(24(25,26)27)19(30-34-21)14-5-3-2-4-6-14/h2-10,13,20,33H,11H2,1H3/t13-,20?/m1/s1. The second kappa shape index (κ2) is 9.52. The molecule has 35 heavy (non-hydrogen) atoms. The summed E-state index contributed by atoms with van der Waals surface area (Å²) in [5.41, 5.74) is -0.675. The van der Waals surface area contributed by atoms with Gasteiger partial charge in [-0.25, -0.2) is 0 Å². The van der Waals surface area contributed by atoms with Gasteiger partial charge in [0, 0.05) is 17.5 Å². The summed E-state index contributed by atoms with van der Waals surface area (Å²) < 4.78 is 51.6. The highest BCUT2D eigenvalue weighted by atomic mass is 19.4. The molecule has 178 valence electrons. The highest BCUT2D eigenvalue weighted by molar-refractivity contribution is 5.84. The summed E-state index contributed by atoms with van der Waals surface area (Å²) in [5.74, 6) is -2.29. The van der Waals surface area contributed by atoms with Gasteiger partial charge in [0.15, 0.2) is 5.78 Å². The molecule has 2 aromatic heterocycles. The van der Waals surface area contributed by atoms with Crippen LogP contribution >= 0.6 is 0 Å². The van der Waals surface area contributed by atoms with E-state index in [1.165, 1.54) is 36.4 Å². The van der Waals surface area contributed by atoms with E-state index < -0.39 is 46.9 Å². The number of aliphatic hydroxyl groups excluding tert-OH is 1. The van der Waals surface area contributed by atoms with Crippen LogP contribution in [0.5, 0.6) is 0 Å². The van der Waals surface area contributed by atoms with Crippen molar-refractivity contribution >= 4 is 5.78 Å². The number of rotatable bonds is 7. The first kappa shape index (κ1) is 23.8. The molecular weight excluding hydrogens is 465 g/mol. The smallest absolute Gasteiger partial charge is 0.381 e. The third kappa shape index (κ3) is 4.97. The summed E-state index contributed by atoms with van der Waals surface area (Å²) in [7, 11) is 0. The minimum atomic E-state index is -4.80. The molecule has 0 aliphatic carbocycles. The zero-order valence-corrected chi connectivity index (χ0v) is 18.2. The van der Waals surface area contributed by atoms with Gasteiger partial charge in [0.05, 0.1) is 12.0 Å². The molecule has 0 fully saturated rings. The number of nitrogens with zero attached hydrogens (tertiary/aromatic N) is 4. The summed E-state index contributed by atoms with van der Waals surface area (Å²) in [5, 5.41) is 26.3. The summed E-state index contributed by atoms with van der Waals surface area (Å²) in [4.78, 5) is 16.1. The van der Waals surface area contributed by atoms with E-state index in [1.807, 2.05) is 6.07 Å². The van der Waals surface area contributed by atoms with Crippen LogP contribution in [0.25, 0.3) is 34.3 Å². The molecule has 2 aromatic carbocycles. The quantitative estimate of drug-likeness (QED) is 0.379. The monoisotopic (exact) mass is 482 g/mol. The van der Waals surface area contributed by atoms with Crippen molar-refractivity contribution in [3.8, 4) is 40.4 Å². The normalized spacial score (nSPS) is 13.3. The predicted octanol–water partition coefficient (Wildman–Crippen LogP) is 5.23. The fourth-order valence-corrected chi connectivity index (χ4v) is 3.38. The Bertz CT molecular complexity index is 1370. The molecule has 0 spiro atoms. The van der Waals surface area contributed by atoms with Crippen LogP contribution in [0, 0.1) is 17.2 Å². The van der Waals surface area contributed by atoms with Gasteiger partial charge in [-0.1, -0.05) is 64.9 Å². The lowest BCUT2D eigenvalue weighted by molar-refractivity contribution is -0.137. The van der Waals surface area contributed by atoms with Gasteiger partial charge >= 0.3 is 6.18 Å². The average Bonchev–Trinajstić information content (AvgIpc) is 3.51. The molecule has 2 heterocycles. The lowest BCUT2D eigenvalue weighted by Gasteiger charge is -2.11. The second-order valence-corrected chi connectivity index (χ2v) is 7.75. The number of Topliss-reactive ketones (excluding diaryl/α,β-unsaturated/α-hetero) is 1. The molecule has 4 aromatic rings. The van der Waals surface area contributed by atoms with Crippen LogP contribution in [-0.2, 0) is 11.0 Å².